The van der Waals surface area contributed by atoms with Gasteiger partial charge in [0.2, 0.25) is 5.92 Å². The molecule has 0 aliphatic rings. The SMILES string of the molecule is O=CC(CCC(F)(F)CCOCc1ccccc1)c1cccc(Br)c1. The van der Waals surface area contributed by atoms with Crippen LogP contribution in [0.2, 0.25) is 0 Å². The van der Waals surface area contributed by atoms with Crippen LogP contribution >= 0.6 is 15.9 Å². The fraction of sp³-hybridized carbons (Fsp3) is 0.350. The van der Waals surface area contributed by atoms with Gasteiger partial charge in [0.15, 0.2) is 0 Å². The minimum Gasteiger partial charge on any atom is -0.377 e. The molecule has 2 aromatic rings. The van der Waals surface area contributed by atoms with Crippen LogP contribution in [0.3, 0.4) is 0 Å². The number of hydrogen-bond donors (Lipinski definition) is 0. The van der Waals surface area contributed by atoms with Gasteiger partial charge in [-0.15, -0.1) is 0 Å². The maximum absolute atomic E-state index is 14.0. The fourth-order valence-corrected chi connectivity index (χ4v) is 2.94. The van der Waals surface area contributed by atoms with E-state index in [1.54, 1.807) is 18.2 Å². The van der Waals surface area contributed by atoms with E-state index < -0.39 is 11.8 Å². The van der Waals surface area contributed by atoms with Crippen molar-refractivity contribution in [1.29, 1.82) is 0 Å². The molecule has 5 heteroatoms. The summed E-state index contributed by atoms with van der Waals surface area (Å²) in [6.45, 7) is 0.316. The molecule has 0 heterocycles. The van der Waals surface area contributed by atoms with Gasteiger partial charge >= 0.3 is 0 Å². The summed E-state index contributed by atoms with van der Waals surface area (Å²) in [5.74, 6) is -3.36. The molecule has 0 saturated heterocycles. The first-order valence-electron chi connectivity index (χ1n) is 8.20. The van der Waals surface area contributed by atoms with Crippen LogP contribution in [-0.2, 0) is 16.1 Å². The minimum absolute atomic E-state index is 0.00939. The molecule has 0 aliphatic heterocycles. The van der Waals surface area contributed by atoms with Gasteiger partial charge in [-0.1, -0.05) is 58.4 Å². The van der Waals surface area contributed by atoms with Crippen LogP contribution < -0.4 is 0 Å². The Morgan fingerprint density at radius 1 is 1.08 bits per heavy atom. The van der Waals surface area contributed by atoms with E-state index in [0.29, 0.717) is 6.61 Å². The summed E-state index contributed by atoms with van der Waals surface area (Å²) >= 11 is 3.33. The van der Waals surface area contributed by atoms with Crippen molar-refractivity contribution >= 4 is 22.2 Å². The van der Waals surface area contributed by atoms with Crippen LogP contribution in [0.25, 0.3) is 0 Å². The lowest BCUT2D eigenvalue weighted by molar-refractivity contribution is -0.109. The third-order valence-electron chi connectivity index (χ3n) is 3.99. The highest BCUT2D eigenvalue weighted by Gasteiger charge is 2.29. The summed E-state index contributed by atoms with van der Waals surface area (Å²) in [5, 5.41) is 0. The maximum Gasteiger partial charge on any atom is 0.250 e. The van der Waals surface area contributed by atoms with Crippen molar-refractivity contribution in [3.8, 4) is 0 Å². The van der Waals surface area contributed by atoms with E-state index >= 15 is 0 Å². The van der Waals surface area contributed by atoms with Crippen molar-refractivity contribution in [2.75, 3.05) is 6.61 Å². The molecule has 0 aliphatic carbocycles. The van der Waals surface area contributed by atoms with Gasteiger partial charge in [-0.25, -0.2) is 8.78 Å². The molecule has 2 aromatic carbocycles. The molecule has 0 N–H and O–H groups in total. The highest BCUT2D eigenvalue weighted by atomic mass is 79.9. The van der Waals surface area contributed by atoms with Crippen LogP contribution in [-0.4, -0.2) is 18.8 Å². The van der Waals surface area contributed by atoms with E-state index in [-0.39, 0.29) is 25.9 Å². The number of carbonyl (C=O) groups is 1. The molecular formula is C20H21BrF2O2. The molecule has 2 rings (SSSR count). The first kappa shape index (κ1) is 19.7. The quantitative estimate of drug-likeness (QED) is 0.367. The molecule has 0 radical (unpaired) electrons. The molecule has 0 bridgehead atoms. The highest BCUT2D eigenvalue weighted by Crippen LogP contribution is 2.30. The Morgan fingerprint density at radius 3 is 2.52 bits per heavy atom. The smallest absolute Gasteiger partial charge is 0.250 e. The molecule has 25 heavy (non-hydrogen) atoms. The normalized spacial score (nSPS) is 12.8. The number of aldehydes is 1. The van der Waals surface area contributed by atoms with Gasteiger partial charge in [-0.2, -0.15) is 0 Å². The fourth-order valence-electron chi connectivity index (χ4n) is 2.53. The predicted octanol–water partition coefficient (Wildman–Crippen LogP) is 5.75. The van der Waals surface area contributed by atoms with Crippen LogP contribution in [0.4, 0.5) is 8.78 Å². The first-order valence-corrected chi connectivity index (χ1v) is 9.00. The predicted molar refractivity (Wildman–Crippen MR) is 97.8 cm³/mol. The summed E-state index contributed by atoms with van der Waals surface area (Å²) in [7, 11) is 0. The van der Waals surface area contributed by atoms with Crippen molar-refractivity contribution in [3.05, 3.63) is 70.2 Å². The second-order valence-electron chi connectivity index (χ2n) is 5.98. The molecule has 0 fully saturated rings. The molecule has 0 spiro atoms. The Hall–Kier alpha value is -1.59. The van der Waals surface area contributed by atoms with E-state index in [1.165, 1.54) is 0 Å². The summed E-state index contributed by atoms with van der Waals surface area (Å²) in [6.07, 6.45) is 0.177. The lowest BCUT2D eigenvalue weighted by atomic mass is 9.93. The lowest BCUT2D eigenvalue weighted by Gasteiger charge is -2.19. The van der Waals surface area contributed by atoms with E-state index in [1.807, 2.05) is 36.4 Å². The number of alkyl halides is 2. The highest BCUT2D eigenvalue weighted by molar-refractivity contribution is 9.10. The van der Waals surface area contributed by atoms with Crippen LogP contribution in [0.15, 0.2) is 59.1 Å². The van der Waals surface area contributed by atoms with Crippen molar-refractivity contribution < 1.29 is 18.3 Å². The average molecular weight is 411 g/mol. The monoisotopic (exact) mass is 410 g/mol. The van der Waals surface area contributed by atoms with E-state index in [4.69, 9.17) is 4.74 Å². The number of carbonyl (C=O) groups excluding carboxylic acids is 1. The summed E-state index contributed by atoms with van der Waals surface area (Å²) in [6, 6.07) is 16.7. The summed E-state index contributed by atoms with van der Waals surface area (Å²) in [4.78, 5) is 11.3. The van der Waals surface area contributed by atoms with Crippen molar-refractivity contribution in [2.24, 2.45) is 0 Å². The molecule has 0 saturated carbocycles. The van der Waals surface area contributed by atoms with E-state index in [2.05, 4.69) is 15.9 Å². The topological polar surface area (TPSA) is 26.3 Å². The zero-order valence-corrected chi connectivity index (χ0v) is 15.4. The van der Waals surface area contributed by atoms with Crippen molar-refractivity contribution in [1.82, 2.24) is 0 Å². The minimum atomic E-state index is -2.84. The molecule has 2 nitrogen and oxygen atoms in total. The van der Waals surface area contributed by atoms with Crippen molar-refractivity contribution in [2.45, 2.75) is 37.7 Å². The largest absolute Gasteiger partial charge is 0.377 e. The third-order valence-corrected chi connectivity index (χ3v) is 4.48. The zero-order valence-electron chi connectivity index (χ0n) is 13.8. The van der Waals surface area contributed by atoms with Crippen molar-refractivity contribution in [3.63, 3.8) is 0 Å². The van der Waals surface area contributed by atoms with Crippen LogP contribution in [0, 0.1) is 0 Å². The van der Waals surface area contributed by atoms with Gasteiger partial charge in [0.05, 0.1) is 13.2 Å². The molecule has 0 aromatic heterocycles. The van der Waals surface area contributed by atoms with Gasteiger partial charge in [0.1, 0.15) is 6.29 Å². The Kier molecular flexibility index (Phi) is 7.72. The number of ether oxygens (including phenoxy) is 1. The van der Waals surface area contributed by atoms with Crippen LogP contribution in [0.5, 0.6) is 0 Å². The van der Waals surface area contributed by atoms with E-state index in [9.17, 15) is 13.6 Å². The Morgan fingerprint density at radius 2 is 1.84 bits per heavy atom. The molecular weight excluding hydrogens is 390 g/mol. The lowest BCUT2D eigenvalue weighted by Crippen LogP contribution is -2.20. The third kappa shape index (κ3) is 7.04. The van der Waals surface area contributed by atoms with Gasteiger partial charge in [-0.05, 0) is 29.7 Å². The number of benzene rings is 2. The summed E-state index contributed by atoms with van der Waals surface area (Å²) < 4.78 is 34.2. The second kappa shape index (κ2) is 9.78. The number of halogens is 3. The molecule has 1 atom stereocenters. The Bertz CT molecular complexity index is 662. The number of hydrogen-bond acceptors (Lipinski definition) is 2. The number of rotatable bonds is 10. The molecule has 0 amide bonds. The Labute approximate surface area is 155 Å². The van der Waals surface area contributed by atoms with Gasteiger partial charge in [0, 0.05) is 23.2 Å². The van der Waals surface area contributed by atoms with Gasteiger partial charge in [-0.3, -0.25) is 0 Å². The standard InChI is InChI=1S/C20H21BrF2O2/c21-19-8-4-7-17(13-19)18(14-24)9-10-20(22,23)11-12-25-15-16-5-2-1-3-6-16/h1-8,13-14,18H,9-12,15H2. The molecule has 1 unspecified atom stereocenters. The zero-order chi connectivity index (χ0) is 18.1. The van der Waals surface area contributed by atoms with Gasteiger partial charge in [0.25, 0.3) is 0 Å². The van der Waals surface area contributed by atoms with Crippen LogP contribution in [0.1, 0.15) is 36.3 Å². The Balaban J connectivity index is 1.76. The first-order chi connectivity index (χ1) is 12.0. The maximum atomic E-state index is 14.0. The van der Waals surface area contributed by atoms with E-state index in [0.717, 1.165) is 21.9 Å². The second-order valence-corrected chi connectivity index (χ2v) is 6.90. The average Bonchev–Trinajstić information content (AvgIpc) is 2.60. The summed E-state index contributed by atoms with van der Waals surface area (Å²) in [5.41, 5.74) is 1.71. The molecule has 134 valence electrons. The van der Waals surface area contributed by atoms with Gasteiger partial charge < -0.3 is 9.53 Å².